The Bertz CT molecular complexity index is 538. The predicted molar refractivity (Wildman–Crippen MR) is 71.2 cm³/mol. The number of rotatable bonds is 3. The maximum absolute atomic E-state index is 13.3. The zero-order chi connectivity index (χ0) is 13.1. The Morgan fingerprint density at radius 1 is 1.11 bits per heavy atom. The van der Waals surface area contributed by atoms with Crippen molar-refractivity contribution < 1.29 is 14.2 Å². The van der Waals surface area contributed by atoms with E-state index in [-0.39, 0.29) is 5.82 Å². The maximum atomic E-state index is 13.3. The lowest BCUT2D eigenvalue weighted by atomic mass is 10.1. The Morgan fingerprint density at radius 3 is 2.28 bits per heavy atom. The SMILES string of the molecule is CC(O)c1ccc(Oc2ccc(Br)c(F)c2)cc1. The molecular formula is C14H12BrFO2. The van der Waals surface area contributed by atoms with Gasteiger partial charge in [-0.3, -0.25) is 0 Å². The molecule has 0 saturated carbocycles. The standard InChI is InChI=1S/C14H12BrFO2/c1-9(17)10-2-4-11(5-3-10)18-12-6-7-13(15)14(16)8-12/h2-9,17H,1H3. The predicted octanol–water partition coefficient (Wildman–Crippen LogP) is 4.43. The molecule has 2 aromatic rings. The van der Waals surface area contributed by atoms with E-state index in [9.17, 15) is 9.50 Å². The number of aliphatic hydroxyl groups is 1. The van der Waals surface area contributed by atoms with Crippen molar-refractivity contribution in [3.8, 4) is 11.5 Å². The monoisotopic (exact) mass is 310 g/mol. The molecule has 1 unspecified atom stereocenters. The summed E-state index contributed by atoms with van der Waals surface area (Å²) in [6.07, 6.45) is -0.510. The van der Waals surface area contributed by atoms with Gasteiger partial charge in [0.15, 0.2) is 0 Å². The lowest BCUT2D eigenvalue weighted by Crippen LogP contribution is -1.91. The molecule has 1 atom stereocenters. The van der Waals surface area contributed by atoms with E-state index in [4.69, 9.17) is 4.74 Å². The van der Waals surface area contributed by atoms with Crippen molar-refractivity contribution in [3.05, 3.63) is 58.3 Å². The Hall–Kier alpha value is -1.39. The minimum atomic E-state index is -0.510. The summed E-state index contributed by atoms with van der Waals surface area (Å²) in [5.74, 6) is 0.662. The molecule has 0 aliphatic heterocycles. The van der Waals surface area contributed by atoms with Gasteiger partial charge < -0.3 is 9.84 Å². The molecule has 0 bridgehead atoms. The zero-order valence-corrected chi connectivity index (χ0v) is 11.3. The van der Waals surface area contributed by atoms with Crippen molar-refractivity contribution in [3.63, 3.8) is 0 Å². The second-order valence-corrected chi connectivity index (χ2v) is 4.78. The maximum Gasteiger partial charge on any atom is 0.141 e. The fourth-order valence-electron chi connectivity index (χ4n) is 1.49. The summed E-state index contributed by atoms with van der Waals surface area (Å²) in [5.41, 5.74) is 0.810. The topological polar surface area (TPSA) is 29.5 Å². The third-order valence-corrected chi connectivity index (χ3v) is 3.13. The van der Waals surface area contributed by atoms with Gasteiger partial charge in [0, 0.05) is 6.07 Å². The van der Waals surface area contributed by atoms with Gasteiger partial charge in [0.1, 0.15) is 17.3 Å². The smallest absolute Gasteiger partial charge is 0.141 e. The highest BCUT2D eigenvalue weighted by Gasteiger charge is 2.04. The molecule has 0 saturated heterocycles. The van der Waals surface area contributed by atoms with E-state index in [0.29, 0.717) is 16.0 Å². The summed E-state index contributed by atoms with van der Waals surface area (Å²) in [4.78, 5) is 0. The first kappa shape index (κ1) is 13.1. The van der Waals surface area contributed by atoms with Gasteiger partial charge in [-0.15, -0.1) is 0 Å². The molecule has 0 fully saturated rings. The van der Waals surface area contributed by atoms with Gasteiger partial charge >= 0.3 is 0 Å². The molecule has 0 spiro atoms. The third kappa shape index (κ3) is 3.09. The highest BCUT2D eigenvalue weighted by atomic mass is 79.9. The first-order valence-electron chi connectivity index (χ1n) is 5.47. The Kier molecular flexibility index (Phi) is 3.99. The highest BCUT2D eigenvalue weighted by molar-refractivity contribution is 9.10. The van der Waals surface area contributed by atoms with E-state index in [1.807, 2.05) is 0 Å². The summed E-state index contributed by atoms with van der Waals surface area (Å²) in [7, 11) is 0. The molecule has 4 heteroatoms. The Balaban J connectivity index is 2.15. The number of benzene rings is 2. The van der Waals surface area contributed by atoms with Crippen LogP contribution in [0.1, 0.15) is 18.6 Å². The van der Waals surface area contributed by atoms with Crippen LogP contribution in [0.4, 0.5) is 4.39 Å². The summed E-state index contributed by atoms with van der Waals surface area (Å²) in [6, 6.07) is 11.6. The number of hydrogen-bond donors (Lipinski definition) is 1. The molecule has 0 heterocycles. The van der Waals surface area contributed by atoms with Crippen LogP contribution in [-0.2, 0) is 0 Å². The van der Waals surface area contributed by atoms with Crippen LogP contribution in [0.2, 0.25) is 0 Å². The second-order valence-electron chi connectivity index (χ2n) is 3.92. The van der Waals surface area contributed by atoms with Gasteiger partial charge in [-0.1, -0.05) is 12.1 Å². The molecule has 0 amide bonds. The first-order valence-corrected chi connectivity index (χ1v) is 6.26. The first-order chi connectivity index (χ1) is 8.56. The summed E-state index contributed by atoms with van der Waals surface area (Å²) >= 11 is 3.08. The fraction of sp³-hybridized carbons (Fsp3) is 0.143. The van der Waals surface area contributed by atoms with Gasteiger partial charge in [-0.2, -0.15) is 0 Å². The average Bonchev–Trinajstić information content (AvgIpc) is 2.34. The fourth-order valence-corrected chi connectivity index (χ4v) is 1.74. The molecule has 1 N–H and O–H groups in total. The Labute approximate surface area is 113 Å². The van der Waals surface area contributed by atoms with Crippen LogP contribution in [0.25, 0.3) is 0 Å². The lowest BCUT2D eigenvalue weighted by Gasteiger charge is -2.08. The molecule has 2 rings (SSSR count). The molecular weight excluding hydrogens is 299 g/mol. The van der Waals surface area contributed by atoms with E-state index in [2.05, 4.69) is 15.9 Å². The van der Waals surface area contributed by atoms with E-state index >= 15 is 0 Å². The van der Waals surface area contributed by atoms with E-state index in [1.165, 1.54) is 6.07 Å². The minimum absolute atomic E-state index is 0.367. The highest BCUT2D eigenvalue weighted by Crippen LogP contribution is 2.26. The van der Waals surface area contributed by atoms with Crippen molar-refractivity contribution in [2.45, 2.75) is 13.0 Å². The lowest BCUT2D eigenvalue weighted by molar-refractivity contribution is 0.199. The van der Waals surface area contributed by atoms with Crippen LogP contribution in [0.3, 0.4) is 0 Å². The second kappa shape index (κ2) is 5.50. The number of halogens is 2. The van der Waals surface area contributed by atoms with Crippen LogP contribution >= 0.6 is 15.9 Å². The van der Waals surface area contributed by atoms with Gasteiger partial charge in [-0.05, 0) is 52.7 Å². The van der Waals surface area contributed by atoms with Crippen molar-refractivity contribution in [2.24, 2.45) is 0 Å². The van der Waals surface area contributed by atoms with E-state index < -0.39 is 6.10 Å². The van der Waals surface area contributed by atoms with Crippen LogP contribution in [-0.4, -0.2) is 5.11 Å². The third-order valence-electron chi connectivity index (χ3n) is 2.49. The van der Waals surface area contributed by atoms with Crippen LogP contribution in [0, 0.1) is 5.82 Å². The van der Waals surface area contributed by atoms with Crippen LogP contribution in [0.15, 0.2) is 46.9 Å². The molecule has 2 nitrogen and oxygen atoms in total. The summed E-state index contributed by atoms with van der Waals surface area (Å²) in [5, 5.41) is 9.38. The van der Waals surface area contributed by atoms with Gasteiger partial charge in [0.2, 0.25) is 0 Å². The van der Waals surface area contributed by atoms with Crippen LogP contribution in [0.5, 0.6) is 11.5 Å². The quantitative estimate of drug-likeness (QED) is 0.908. The van der Waals surface area contributed by atoms with Crippen molar-refractivity contribution in [1.82, 2.24) is 0 Å². The molecule has 94 valence electrons. The summed E-state index contributed by atoms with van der Waals surface area (Å²) < 4.78 is 19.2. The zero-order valence-electron chi connectivity index (χ0n) is 9.73. The van der Waals surface area contributed by atoms with Gasteiger partial charge in [-0.25, -0.2) is 4.39 Å². The molecule has 0 radical (unpaired) electrons. The van der Waals surface area contributed by atoms with Gasteiger partial charge in [0.05, 0.1) is 10.6 Å². The molecule has 0 aliphatic rings. The molecule has 0 aromatic heterocycles. The normalized spacial score (nSPS) is 12.2. The van der Waals surface area contributed by atoms with Crippen molar-refractivity contribution in [2.75, 3.05) is 0 Å². The molecule has 0 aliphatic carbocycles. The minimum Gasteiger partial charge on any atom is -0.457 e. The van der Waals surface area contributed by atoms with Gasteiger partial charge in [0.25, 0.3) is 0 Å². The summed E-state index contributed by atoms with van der Waals surface area (Å²) in [6.45, 7) is 1.69. The number of ether oxygens (including phenoxy) is 1. The largest absolute Gasteiger partial charge is 0.457 e. The van der Waals surface area contributed by atoms with Crippen LogP contribution < -0.4 is 4.74 Å². The average molecular weight is 311 g/mol. The number of aliphatic hydroxyl groups excluding tert-OH is 1. The number of hydrogen-bond acceptors (Lipinski definition) is 2. The molecule has 18 heavy (non-hydrogen) atoms. The van der Waals surface area contributed by atoms with E-state index in [1.54, 1.807) is 43.3 Å². The van der Waals surface area contributed by atoms with E-state index in [0.717, 1.165) is 5.56 Å². The van der Waals surface area contributed by atoms with Crippen molar-refractivity contribution >= 4 is 15.9 Å². The molecule has 2 aromatic carbocycles. The van der Waals surface area contributed by atoms with Crippen molar-refractivity contribution in [1.29, 1.82) is 0 Å². The Morgan fingerprint density at radius 2 is 1.72 bits per heavy atom.